The Kier molecular flexibility index (Phi) is 3.98. The maximum atomic E-state index is 4.43. The van der Waals surface area contributed by atoms with Crippen LogP contribution in [0, 0.1) is 11.8 Å². The van der Waals surface area contributed by atoms with E-state index in [0.29, 0.717) is 5.92 Å². The second-order valence-corrected chi connectivity index (χ2v) is 8.23. The molecule has 2 aromatic heterocycles. The molecule has 2 aliphatic carbocycles. The summed E-state index contributed by atoms with van der Waals surface area (Å²) in [5, 5.41) is 21.1. The number of hydrogen-bond acceptors (Lipinski definition) is 6. The van der Waals surface area contributed by atoms with Gasteiger partial charge in [0.25, 0.3) is 0 Å². The number of hydrogen-bond donors (Lipinski definition) is 1. The van der Waals surface area contributed by atoms with E-state index < -0.39 is 0 Å². The number of aromatic nitrogens is 4. The number of nitrogens with one attached hydrogen (secondary N) is 1. The fourth-order valence-electron chi connectivity index (χ4n) is 4.40. The lowest BCUT2D eigenvalue weighted by molar-refractivity contribution is 0.424. The smallest absolute Gasteiger partial charge is 0.151 e. The van der Waals surface area contributed by atoms with E-state index in [1.807, 2.05) is 0 Å². The highest BCUT2D eigenvalue weighted by molar-refractivity contribution is 5.46. The van der Waals surface area contributed by atoms with E-state index in [1.165, 1.54) is 35.4 Å². The minimum absolute atomic E-state index is 0.627. The summed E-state index contributed by atoms with van der Waals surface area (Å²) in [6.07, 6.45) is 6.91. The quantitative estimate of drug-likeness (QED) is 0.913. The lowest BCUT2D eigenvalue weighted by Crippen LogP contribution is -2.50. The van der Waals surface area contributed by atoms with Crippen molar-refractivity contribution < 1.29 is 0 Å². The molecular formula is C20H26N6. The maximum absolute atomic E-state index is 4.43. The molecule has 1 unspecified atom stereocenters. The Balaban J connectivity index is 1.15. The third-order valence-electron chi connectivity index (χ3n) is 6.06. The summed E-state index contributed by atoms with van der Waals surface area (Å²) in [4.78, 5) is 2.33. The van der Waals surface area contributed by atoms with Gasteiger partial charge in [-0.1, -0.05) is 6.92 Å². The fraction of sp³-hybridized carbons (Fsp3) is 0.600. The molecule has 0 spiro atoms. The van der Waals surface area contributed by atoms with Crippen molar-refractivity contribution in [3.05, 3.63) is 34.6 Å². The van der Waals surface area contributed by atoms with Crippen molar-refractivity contribution >= 4 is 11.6 Å². The molecule has 2 aromatic rings. The summed E-state index contributed by atoms with van der Waals surface area (Å²) in [6, 6.07) is 4.45. The minimum Gasteiger partial charge on any atom is -0.368 e. The molecule has 0 radical (unpaired) electrons. The number of rotatable bonds is 4. The van der Waals surface area contributed by atoms with Gasteiger partial charge in [0.2, 0.25) is 0 Å². The molecule has 1 aliphatic heterocycles. The van der Waals surface area contributed by atoms with Gasteiger partial charge in [-0.05, 0) is 67.7 Å². The molecule has 0 saturated carbocycles. The average Bonchev–Trinajstić information content (AvgIpc) is 3.08. The maximum Gasteiger partial charge on any atom is 0.151 e. The van der Waals surface area contributed by atoms with E-state index >= 15 is 0 Å². The first-order chi connectivity index (χ1) is 12.7. The van der Waals surface area contributed by atoms with Crippen LogP contribution in [0.3, 0.4) is 0 Å². The van der Waals surface area contributed by atoms with Crippen LogP contribution in [0.4, 0.5) is 11.6 Å². The Bertz CT molecular complexity index is 814. The molecular weight excluding hydrogens is 324 g/mol. The van der Waals surface area contributed by atoms with Crippen LogP contribution in [0.25, 0.3) is 0 Å². The Labute approximate surface area is 154 Å². The van der Waals surface area contributed by atoms with Crippen molar-refractivity contribution in [3.8, 4) is 0 Å². The van der Waals surface area contributed by atoms with Crippen LogP contribution < -0.4 is 10.2 Å². The first-order valence-corrected chi connectivity index (χ1v) is 9.94. The van der Waals surface area contributed by atoms with E-state index in [0.717, 1.165) is 62.9 Å². The number of fused-ring (bicyclic) bond motifs is 2. The number of nitrogens with zero attached hydrogens (tertiary/aromatic N) is 5. The summed E-state index contributed by atoms with van der Waals surface area (Å²) in [6.45, 7) is 5.34. The highest BCUT2D eigenvalue weighted by Gasteiger charge is 2.29. The Hall–Kier alpha value is -2.24. The zero-order valence-electron chi connectivity index (χ0n) is 15.4. The fourth-order valence-corrected chi connectivity index (χ4v) is 4.40. The van der Waals surface area contributed by atoms with Crippen LogP contribution in [0.15, 0.2) is 12.1 Å². The van der Waals surface area contributed by atoms with Crippen molar-refractivity contribution in [1.29, 1.82) is 0 Å². The van der Waals surface area contributed by atoms with Crippen LogP contribution in [-0.4, -0.2) is 40.0 Å². The van der Waals surface area contributed by atoms with Crippen molar-refractivity contribution in [2.45, 2.75) is 45.4 Å². The van der Waals surface area contributed by atoms with E-state index in [2.05, 4.69) is 49.7 Å². The monoisotopic (exact) mass is 350 g/mol. The predicted molar refractivity (Wildman–Crippen MR) is 101 cm³/mol. The van der Waals surface area contributed by atoms with Gasteiger partial charge in [0.1, 0.15) is 5.82 Å². The average molecular weight is 350 g/mol. The Morgan fingerprint density at radius 2 is 1.85 bits per heavy atom. The van der Waals surface area contributed by atoms with Gasteiger partial charge in [0.05, 0.1) is 11.4 Å². The Morgan fingerprint density at radius 1 is 1.00 bits per heavy atom. The standard InChI is InChI=1S/C20H26N6/c1-13-5-6-18-16(7-13)8-19(24-22-18)21-10-14-11-26(12-14)20-9-15-3-2-4-17(15)23-25-20/h8-9,13-14H,2-7,10-12H2,1H3,(H,21,24). The van der Waals surface area contributed by atoms with Crippen molar-refractivity contribution in [2.75, 3.05) is 29.9 Å². The zero-order valence-corrected chi connectivity index (χ0v) is 15.4. The molecule has 0 bridgehead atoms. The molecule has 5 rings (SSSR count). The zero-order chi connectivity index (χ0) is 17.5. The lowest BCUT2D eigenvalue weighted by Gasteiger charge is -2.40. The van der Waals surface area contributed by atoms with Crippen molar-refractivity contribution in [3.63, 3.8) is 0 Å². The molecule has 0 aromatic carbocycles. The molecule has 3 heterocycles. The first-order valence-electron chi connectivity index (χ1n) is 9.94. The topological polar surface area (TPSA) is 66.8 Å². The largest absolute Gasteiger partial charge is 0.368 e. The van der Waals surface area contributed by atoms with Crippen molar-refractivity contribution in [2.24, 2.45) is 11.8 Å². The molecule has 1 saturated heterocycles. The normalized spacial score (nSPS) is 21.9. The van der Waals surface area contributed by atoms with Gasteiger partial charge in [-0.25, -0.2) is 0 Å². The second-order valence-electron chi connectivity index (χ2n) is 8.23. The summed E-state index contributed by atoms with van der Waals surface area (Å²) >= 11 is 0. The van der Waals surface area contributed by atoms with Crippen molar-refractivity contribution in [1.82, 2.24) is 20.4 Å². The highest BCUT2D eigenvalue weighted by Crippen LogP contribution is 2.28. The van der Waals surface area contributed by atoms with Crippen LogP contribution in [-0.2, 0) is 25.7 Å². The van der Waals surface area contributed by atoms with Gasteiger partial charge < -0.3 is 10.2 Å². The van der Waals surface area contributed by atoms with Crippen LogP contribution in [0.1, 0.15) is 42.3 Å². The van der Waals surface area contributed by atoms with Crippen LogP contribution >= 0.6 is 0 Å². The second kappa shape index (κ2) is 6.49. The van der Waals surface area contributed by atoms with E-state index in [1.54, 1.807) is 0 Å². The summed E-state index contributed by atoms with van der Waals surface area (Å²) in [7, 11) is 0. The summed E-state index contributed by atoms with van der Waals surface area (Å²) in [5.41, 5.74) is 5.17. The first kappa shape index (κ1) is 16.0. The van der Waals surface area contributed by atoms with Gasteiger partial charge in [0.15, 0.2) is 5.82 Å². The minimum atomic E-state index is 0.627. The number of aryl methyl sites for hydroxylation is 3. The number of anilines is 2. The van der Waals surface area contributed by atoms with Gasteiger partial charge >= 0.3 is 0 Å². The molecule has 6 nitrogen and oxygen atoms in total. The van der Waals surface area contributed by atoms with E-state index in [-0.39, 0.29) is 0 Å². The molecule has 0 amide bonds. The SMILES string of the molecule is CC1CCc2nnc(NCC3CN(c4cc5c(nn4)CCC5)C3)cc2C1. The molecule has 136 valence electrons. The molecule has 1 fully saturated rings. The lowest BCUT2D eigenvalue weighted by atomic mass is 9.88. The third-order valence-corrected chi connectivity index (χ3v) is 6.06. The van der Waals surface area contributed by atoms with Gasteiger partial charge in [-0.2, -0.15) is 10.2 Å². The molecule has 1 atom stereocenters. The molecule has 26 heavy (non-hydrogen) atoms. The Morgan fingerprint density at radius 3 is 2.77 bits per heavy atom. The van der Waals surface area contributed by atoms with Crippen LogP contribution in [0.5, 0.6) is 0 Å². The van der Waals surface area contributed by atoms with Gasteiger partial charge in [-0.3, -0.25) is 0 Å². The molecule has 3 aliphatic rings. The van der Waals surface area contributed by atoms with Gasteiger partial charge in [0, 0.05) is 25.6 Å². The summed E-state index contributed by atoms with van der Waals surface area (Å²) in [5.74, 6) is 3.35. The van der Waals surface area contributed by atoms with E-state index in [4.69, 9.17) is 0 Å². The third kappa shape index (κ3) is 3.02. The van der Waals surface area contributed by atoms with Gasteiger partial charge in [-0.15, -0.1) is 10.2 Å². The predicted octanol–water partition coefficient (Wildman–Crippen LogP) is 2.43. The van der Waals surface area contributed by atoms with Crippen LogP contribution in [0.2, 0.25) is 0 Å². The molecule has 6 heteroatoms. The summed E-state index contributed by atoms with van der Waals surface area (Å²) < 4.78 is 0. The van der Waals surface area contributed by atoms with E-state index in [9.17, 15) is 0 Å². The highest BCUT2D eigenvalue weighted by atomic mass is 15.3. The molecule has 1 N–H and O–H groups in total.